The molecule has 0 amide bonds. The van der Waals surface area contributed by atoms with Crippen molar-refractivity contribution in [1.82, 2.24) is 0 Å². The summed E-state index contributed by atoms with van der Waals surface area (Å²) < 4.78 is 5.23. The topological polar surface area (TPSA) is 26.3 Å². The van der Waals surface area contributed by atoms with Gasteiger partial charge in [-0.05, 0) is 17.9 Å². The quantitative estimate of drug-likeness (QED) is 0.358. The molecule has 0 saturated carbocycles. The average Bonchev–Trinajstić information content (AvgIpc) is 2.99. The first-order valence-electron chi connectivity index (χ1n) is 8.05. The number of hydrogen-bond donors (Lipinski definition) is 0. The molecule has 0 saturated heterocycles. The van der Waals surface area contributed by atoms with E-state index in [1.54, 1.807) is 0 Å². The van der Waals surface area contributed by atoms with E-state index in [1.807, 2.05) is 17.5 Å². The Hall–Kier alpha value is -0.830. The maximum Gasteiger partial charge on any atom is 0.348 e. The summed E-state index contributed by atoms with van der Waals surface area (Å²) in [4.78, 5) is 12.3. The summed E-state index contributed by atoms with van der Waals surface area (Å²) in [6, 6.07) is 3.69. The van der Waals surface area contributed by atoms with E-state index in [-0.39, 0.29) is 5.97 Å². The summed E-state index contributed by atoms with van der Waals surface area (Å²) in [5.74, 6) is -0.170. The minimum absolute atomic E-state index is 0.170. The van der Waals surface area contributed by atoms with Gasteiger partial charge in [0.05, 0.1) is 6.61 Å². The van der Waals surface area contributed by atoms with Crippen LogP contribution in [0.15, 0.2) is 17.5 Å². The lowest BCUT2D eigenvalue weighted by atomic mass is 10.1. The van der Waals surface area contributed by atoms with Crippen molar-refractivity contribution in [3.63, 3.8) is 0 Å². The van der Waals surface area contributed by atoms with Crippen LogP contribution in [0.3, 0.4) is 0 Å². The highest BCUT2D eigenvalue weighted by Crippen LogP contribution is 2.12. The molecule has 0 N–H and O–H groups in total. The van der Waals surface area contributed by atoms with Gasteiger partial charge in [0.1, 0.15) is 4.88 Å². The third-order valence-corrected chi connectivity index (χ3v) is 4.30. The molecule has 1 aromatic rings. The highest BCUT2D eigenvalue weighted by Gasteiger charge is 2.06. The van der Waals surface area contributed by atoms with Gasteiger partial charge < -0.3 is 4.74 Å². The van der Waals surface area contributed by atoms with Crippen LogP contribution < -0.4 is 0 Å². The van der Waals surface area contributed by atoms with Gasteiger partial charge in [-0.3, -0.25) is 0 Å². The third kappa shape index (κ3) is 8.36. The average molecular weight is 296 g/mol. The molecule has 114 valence electrons. The Morgan fingerprint density at radius 2 is 1.60 bits per heavy atom. The molecule has 1 aromatic heterocycles. The molecule has 0 radical (unpaired) electrons. The number of rotatable bonds is 12. The maximum absolute atomic E-state index is 11.6. The first kappa shape index (κ1) is 17.2. The molecule has 0 aromatic carbocycles. The van der Waals surface area contributed by atoms with Crippen molar-refractivity contribution in [3.05, 3.63) is 22.4 Å². The summed E-state index contributed by atoms with van der Waals surface area (Å²) in [6.45, 7) is 2.82. The van der Waals surface area contributed by atoms with Gasteiger partial charge in [0.2, 0.25) is 0 Å². The number of carbonyl (C=O) groups excluding carboxylic acids is 1. The van der Waals surface area contributed by atoms with Crippen molar-refractivity contribution in [1.29, 1.82) is 0 Å². The second-order valence-electron chi connectivity index (χ2n) is 5.30. The zero-order valence-corrected chi connectivity index (χ0v) is 13.6. The van der Waals surface area contributed by atoms with Gasteiger partial charge >= 0.3 is 5.97 Å². The van der Waals surface area contributed by atoms with E-state index in [4.69, 9.17) is 4.74 Å². The summed E-state index contributed by atoms with van der Waals surface area (Å²) >= 11 is 1.44. The summed E-state index contributed by atoms with van der Waals surface area (Å²) in [5.41, 5.74) is 0. The second-order valence-corrected chi connectivity index (χ2v) is 6.24. The predicted molar refractivity (Wildman–Crippen MR) is 86.4 cm³/mol. The molecule has 0 aliphatic carbocycles. The Kier molecular flexibility index (Phi) is 10.3. The number of thiophene rings is 1. The van der Waals surface area contributed by atoms with Crippen molar-refractivity contribution in [3.8, 4) is 0 Å². The first-order valence-corrected chi connectivity index (χ1v) is 8.93. The van der Waals surface area contributed by atoms with Crippen LogP contribution in [0, 0.1) is 0 Å². The Labute approximate surface area is 127 Å². The van der Waals surface area contributed by atoms with Crippen LogP contribution in [0.1, 0.15) is 80.8 Å². The molecule has 2 nitrogen and oxygen atoms in total. The fourth-order valence-electron chi connectivity index (χ4n) is 2.22. The van der Waals surface area contributed by atoms with Crippen molar-refractivity contribution >= 4 is 17.3 Å². The van der Waals surface area contributed by atoms with Gasteiger partial charge in [-0.2, -0.15) is 0 Å². The van der Waals surface area contributed by atoms with E-state index in [1.165, 1.54) is 69.1 Å². The monoisotopic (exact) mass is 296 g/mol. The molecule has 0 unspecified atom stereocenters. The molecular weight excluding hydrogens is 268 g/mol. The van der Waals surface area contributed by atoms with Crippen LogP contribution in [-0.4, -0.2) is 12.6 Å². The van der Waals surface area contributed by atoms with Crippen LogP contribution in [0.25, 0.3) is 0 Å². The van der Waals surface area contributed by atoms with Crippen LogP contribution in [0.2, 0.25) is 0 Å². The number of unbranched alkanes of at least 4 members (excludes halogenated alkanes) is 9. The third-order valence-electron chi connectivity index (χ3n) is 3.45. The molecule has 0 aliphatic heterocycles. The Morgan fingerprint density at radius 1 is 1.00 bits per heavy atom. The number of ether oxygens (including phenoxy) is 1. The fourth-order valence-corrected chi connectivity index (χ4v) is 2.84. The minimum Gasteiger partial charge on any atom is -0.462 e. The van der Waals surface area contributed by atoms with Crippen molar-refractivity contribution in [2.45, 2.75) is 71.1 Å². The van der Waals surface area contributed by atoms with E-state index in [9.17, 15) is 4.79 Å². The zero-order chi connectivity index (χ0) is 14.5. The molecule has 0 atom stereocenters. The molecule has 0 aliphatic rings. The molecule has 1 heterocycles. The summed E-state index contributed by atoms with van der Waals surface area (Å²) in [5, 5.41) is 1.90. The summed E-state index contributed by atoms with van der Waals surface area (Å²) in [7, 11) is 0. The van der Waals surface area contributed by atoms with Crippen LogP contribution in [0.5, 0.6) is 0 Å². The maximum atomic E-state index is 11.6. The highest BCUT2D eigenvalue weighted by atomic mass is 32.1. The van der Waals surface area contributed by atoms with Crippen molar-refractivity contribution < 1.29 is 9.53 Å². The zero-order valence-electron chi connectivity index (χ0n) is 12.7. The Morgan fingerprint density at radius 3 is 2.15 bits per heavy atom. The van der Waals surface area contributed by atoms with Gasteiger partial charge in [-0.1, -0.05) is 70.8 Å². The van der Waals surface area contributed by atoms with Crippen LogP contribution in [0.4, 0.5) is 0 Å². The SMILES string of the molecule is CCCCCCCCCCCCOC(=O)c1cccs1. The molecule has 0 spiro atoms. The lowest BCUT2D eigenvalue weighted by Crippen LogP contribution is -2.04. The molecule has 0 bridgehead atoms. The fraction of sp³-hybridized carbons (Fsp3) is 0.706. The highest BCUT2D eigenvalue weighted by molar-refractivity contribution is 7.11. The standard InChI is InChI=1S/C17H28O2S/c1-2-3-4-5-6-7-8-9-10-11-14-19-17(18)16-13-12-15-20-16/h12-13,15H,2-11,14H2,1H3. The molecule has 0 fully saturated rings. The second kappa shape index (κ2) is 12.0. The van der Waals surface area contributed by atoms with E-state index >= 15 is 0 Å². The number of carbonyl (C=O) groups is 1. The van der Waals surface area contributed by atoms with Crippen molar-refractivity contribution in [2.75, 3.05) is 6.61 Å². The molecular formula is C17H28O2S. The summed E-state index contributed by atoms with van der Waals surface area (Å²) in [6.07, 6.45) is 13.0. The lowest BCUT2D eigenvalue weighted by molar-refractivity contribution is 0.0503. The predicted octanol–water partition coefficient (Wildman–Crippen LogP) is 5.83. The van der Waals surface area contributed by atoms with Crippen LogP contribution in [-0.2, 0) is 4.74 Å². The normalized spacial score (nSPS) is 10.7. The smallest absolute Gasteiger partial charge is 0.348 e. The van der Waals surface area contributed by atoms with E-state index in [2.05, 4.69) is 6.92 Å². The molecule has 20 heavy (non-hydrogen) atoms. The van der Waals surface area contributed by atoms with Gasteiger partial charge in [-0.15, -0.1) is 11.3 Å². The number of hydrogen-bond acceptors (Lipinski definition) is 3. The Bertz CT molecular complexity index is 333. The molecule has 3 heteroatoms. The Balaban J connectivity index is 1.82. The lowest BCUT2D eigenvalue weighted by Gasteiger charge is -2.04. The first-order chi connectivity index (χ1) is 9.84. The van der Waals surface area contributed by atoms with E-state index in [0.29, 0.717) is 11.5 Å². The van der Waals surface area contributed by atoms with Crippen LogP contribution >= 0.6 is 11.3 Å². The van der Waals surface area contributed by atoms with Crippen molar-refractivity contribution in [2.24, 2.45) is 0 Å². The molecule has 1 rings (SSSR count). The van der Waals surface area contributed by atoms with Gasteiger partial charge in [0.15, 0.2) is 0 Å². The van der Waals surface area contributed by atoms with Gasteiger partial charge in [-0.25, -0.2) is 4.79 Å². The minimum atomic E-state index is -0.170. The van der Waals surface area contributed by atoms with E-state index < -0.39 is 0 Å². The number of esters is 1. The van der Waals surface area contributed by atoms with E-state index in [0.717, 1.165) is 6.42 Å². The van der Waals surface area contributed by atoms with Gasteiger partial charge in [0.25, 0.3) is 0 Å². The van der Waals surface area contributed by atoms with Gasteiger partial charge in [0, 0.05) is 0 Å². The largest absolute Gasteiger partial charge is 0.462 e.